The smallest absolute Gasteiger partial charge is 0.104 e. The Balaban J connectivity index is 2.77. The zero-order valence-corrected chi connectivity index (χ0v) is 8.04. The average molecular weight is 165 g/mol. The van der Waals surface area contributed by atoms with Gasteiger partial charge in [0.15, 0.2) is 0 Å². The van der Waals surface area contributed by atoms with Crippen molar-refractivity contribution in [2.24, 2.45) is 0 Å². The average Bonchev–Trinajstić information content (AvgIpc) is 1.82. The Kier molecular flexibility index (Phi) is 2.38. The second-order valence-electron chi connectivity index (χ2n) is 4.19. The Bertz CT molecular complexity index is 261. The number of hydrogen-bond acceptors (Lipinski definition) is 1. The van der Waals surface area contributed by atoms with Crippen molar-refractivity contribution in [3.05, 3.63) is 29.8 Å². The van der Waals surface area contributed by atoms with Crippen LogP contribution in [0.1, 0.15) is 5.56 Å². The molecule has 1 rings (SSSR count). The monoisotopic (exact) mass is 165 g/mol. The van der Waals surface area contributed by atoms with Crippen LogP contribution in [0, 0.1) is 0 Å². The summed E-state index contributed by atoms with van der Waals surface area (Å²) in [5.74, 6) is 0. The molecule has 1 aromatic rings. The highest BCUT2D eigenvalue weighted by atomic mass is 15.3. The van der Waals surface area contributed by atoms with Crippen LogP contribution in [0.25, 0.3) is 0 Å². The summed E-state index contributed by atoms with van der Waals surface area (Å²) in [5, 5.41) is 0. The van der Waals surface area contributed by atoms with Crippen LogP contribution in [0.2, 0.25) is 0 Å². The van der Waals surface area contributed by atoms with Gasteiger partial charge < -0.3 is 10.2 Å². The third-order valence-corrected chi connectivity index (χ3v) is 1.61. The summed E-state index contributed by atoms with van der Waals surface area (Å²) >= 11 is 0. The SMILES string of the molecule is C[N+](C)(C)Cc1cccc(N)c1. The van der Waals surface area contributed by atoms with Crippen molar-refractivity contribution in [2.75, 3.05) is 26.9 Å². The molecule has 0 aliphatic rings. The van der Waals surface area contributed by atoms with Crippen molar-refractivity contribution < 1.29 is 4.48 Å². The summed E-state index contributed by atoms with van der Waals surface area (Å²) in [6, 6.07) is 8.06. The van der Waals surface area contributed by atoms with Gasteiger partial charge in [0, 0.05) is 11.3 Å². The minimum Gasteiger partial charge on any atom is -0.399 e. The zero-order valence-electron chi connectivity index (χ0n) is 8.04. The maximum atomic E-state index is 5.67. The van der Waals surface area contributed by atoms with E-state index in [-0.39, 0.29) is 0 Å². The first kappa shape index (κ1) is 9.07. The van der Waals surface area contributed by atoms with Crippen molar-refractivity contribution in [3.63, 3.8) is 0 Å². The molecule has 0 aromatic heterocycles. The van der Waals surface area contributed by atoms with Crippen LogP contribution in [0.5, 0.6) is 0 Å². The van der Waals surface area contributed by atoms with Crippen LogP contribution in [-0.2, 0) is 6.54 Å². The van der Waals surface area contributed by atoms with E-state index < -0.39 is 0 Å². The van der Waals surface area contributed by atoms with E-state index in [1.54, 1.807) is 0 Å². The van der Waals surface area contributed by atoms with Crippen molar-refractivity contribution in [1.29, 1.82) is 0 Å². The van der Waals surface area contributed by atoms with Gasteiger partial charge in [-0.2, -0.15) is 0 Å². The summed E-state index contributed by atoms with van der Waals surface area (Å²) < 4.78 is 0.934. The van der Waals surface area contributed by atoms with Gasteiger partial charge in [0.1, 0.15) is 6.54 Å². The molecule has 0 heterocycles. The van der Waals surface area contributed by atoms with Crippen LogP contribution in [0.15, 0.2) is 24.3 Å². The van der Waals surface area contributed by atoms with E-state index in [4.69, 9.17) is 5.73 Å². The fourth-order valence-corrected chi connectivity index (χ4v) is 1.24. The molecule has 0 radical (unpaired) electrons. The maximum absolute atomic E-state index is 5.67. The summed E-state index contributed by atoms with van der Waals surface area (Å²) in [6.07, 6.45) is 0. The van der Waals surface area contributed by atoms with Crippen LogP contribution in [-0.4, -0.2) is 25.6 Å². The quantitative estimate of drug-likeness (QED) is 0.521. The molecule has 12 heavy (non-hydrogen) atoms. The number of hydrogen-bond donors (Lipinski definition) is 1. The largest absolute Gasteiger partial charge is 0.399 e. The second kappa shape index (κ2) is 3.15. The predicted octanol–water partition coefficient (Wildman–Crippen LogP) is 1.48. The van der Waals surface area contributed by atoms with Crippen LogP contribution >= 0.6 is 0 Å². The number of quaternary nitrogens is 1. The lowest BCUT2D eigenvalue weighted by Gasteiger charge is -2.23. The standard InChI is InChI=1S/C10H17N2/c1-12(2,3)8-9-5-4-6-10(11)7-9/h4-7H,8,11H2,1-3H3/q+1. The highest BCUT2D eigenvalue weighted by Crippen LogP contribution is 2.10. The van der Waals surface area contributed by atoms with Gasteiger partial charge in [0.05, 0.1) is 21.1 Å². The zero-order chi connectivity index (χ0) is 9.19. The molecular weight excluding hydrogens is 148 g/mol. The number of nitrogens with two attached hydrogens (primary N) is 1. The van der Waals surface area contributed by atoms with Gasteiger partial charge in [-0.15, -0.1) is 0 Å². The third kappa shape index (κ3) is 2.93. The molecule has 0 saturated carbocycles. The fraction of sp³-hybridized carbons (Fsp3) is 0.400. The molecule has 2 heteroatoms. The van der Waals surface area contributed by atoms with Gasteiger partial charge in [0.25, 0.3) is 0 Å². The molecule has 0 saturated heterocycles. The van der Waals surface area contributed by atoms with Gasteiger partial charge in [-0.25, -0.2) is 0 Å². The first-order valence-corrected chi connectivity index (χ1v) is 4.12. The van der Waals surface area contributed by atoms with Gasteiger partial charge in [-0.3, -0.25) is 0 Å². The van der Waals surface area contributed by atoms with Crippen LogP contribution in [0.4, 0.5) is 5.69 Å². The van der Waals surface area contributed by atoms with Crippen molar-refractivity contribution in [3.8, 4) is 0 Å². The Morgan fingerprint density at radius 2 is 1.92 bits per heavy atom. The van der Waals surface area contributed by atoms with Crippen molar-refractivity contribution in [1.82, 2.24) is 0 Å². The maximum Gasteiger partial charge on any atom is 0.104 e. The normalized spacial score (nSPS) is 11.6. The number of nitrogens with zero attached hydrogens (tertiary/aromatic N) is 1. The van der Waals surface area contributed by atoms with Gasteiger partial charge >= 0.3 is 0 Å². The van der Waals surface area contributed by atoms with Crippen LogP contribution < -0.4 is 5.73 Å². The molecule has 0 fully saturated rings. The van der Waals surface area contributed by atoms with Gasteiger partial charge in [-0.05, 0) is 12.1 Å². The Morgan fingerprint density at radius 3 is 2.42 bits per heavy atom. The molecule has 0 atom stereocenters. The van der Waals surface area contributed by atoms with Crippen LogP contribution in [0.3, 0.4) is 0 Å². The third-order valence-electron chi connectivity index (χ3n) is 1.61. The molecule has 0 unspecified atom stereocenters. The number of nitrogen functional groups attached to an aromatic ring is 1. The lowest BCUT2D eigenvalue weighted by Crippen LogP contribution is -2.33. The summed E-state index contributed by atoms with van der Waals surface area (Å²) in [6.45, 7) is 1.02. The molecule has 2 N–H and O–H groups in total. The van der Waals surface area contributed by atoms with Crippen molar-refractivity contribution in [2.45, 2.75) is 6.54 Å². The minimum atomic E-state index is 0.848. The molecule has 0 bridgehead atoms. The molecule has 0 aliphatic carbocycles. The first-order chi connectivity index (χ1) is 5.47. The number of rotatable bonds is 2. The van der Waals surface area contributed by atoms with Gasteiger partial charge in [0.2, 0.25) is 0 Å². The lowest BCUT2D eigenvalue weighted by molar-refractivity contribution is -0.884. The molecule has 0 spiro atoms. The first-order valence-electron chi connectivity index (χ1n) is 4.12. The van der Waals surface area contributed by atoms with E-state index in [9.17, 15) is 0 Å². The highest BCUT2D eigenvalue weighted by Gasteiger charge is 2.07. The minimum absolute atomic E-state index is 0.848. The summed E-state index contributed by atoms with van der Waals surface area (Å²) in [5.41, 5.74) is 7.81. The van der Waals surface area contributed by atoms with E-state index in [2.05, 4.69) is 27.2 Å². The van der Waals surface area contributed by atoms with E-state index in [0.29, 0.717) is 0 Å². The fourth-order valence-electron chi connectivity index (χ4n) is 1.24. The van der Waals surface area contributed by atoms with E-state index in [0.717, 1.165) is 16.7 Å². The van der Waals surface area contributed by atoms with E-state index >= 15 is 0 Å². The molecule has 1 aromatic carbocycles. The molecular formula is C10H17N2+. The summed E-state index contributed by atoms with van der Waals surface area (Å²) in [7, 11) is 6.51. The van der Waals surface area contributed by atoms with Gasteiger partial charge in [-0.1, -0.05) is 12.1 Å². The molecule has 66 valence electrons. The Morgan fingerprint density at radius 1 is 1.25 bits per heavy atom. The number of benzene rings is 1. The Labute approximate surface area is 74.2 Å². The molecule has 0 amide bonds. The highest BCUT2D eigenvalue weighted by molar-refractivity contribution is 5.40. The second-order valence-corrected chi connectivity index (χ2v) is 4.19. The molecule has 0 aliphatic heterocycles. The van der Waals surface area contributed by atoms with E-state index in [1.165, 1.54) is 5.56 Å². The topological polar surface area (TPSA) is 26.0 Å². The number of anilines is 1. The van der Waals surface area contributed by atoms with Crippen molar-refractivity contribution >= 4 is 5.69 Å². The Hall–Kier alpha value is -1.02. The predicted molar refractivity (Wildman–Crippen MR) is 52.6 cm³/mol. The molecule has 2 nitrogen and oxygen atoms in total. The lowest BCUT2D eigenvalue weighted by atomic mass is 10.2. The van der Waals surface area contributed by atoms with E-state index in [1.807, 2.05) is 18.2 Å². The summed E-state index contributed by atoms with van der Waals surface area (Å²) in [4.78, 5) is 0.